The standard InChI is InChI=1S/C20H22N4O2S/c1-14-19(25)22-17-12-16(2-3-18(17)27-14)20(26)24-10-8-23(9-11-24)13-15-4-6-21-7-5-15/h2-7,12,14H,8-11,13H2,1H3,(H,22,25). The Balaban J connectivity index is 1.38. The highest BCUT2D eigenvalue weighted by Gasteiger charge is 2.26. The van der Waals surface area contributed by atoms with Crippen molar-refractivity contribution in [3.8, 4) is 0 Å². The summed E-state index contributed by atoms with van der Waals surface area (Å²) in [5, 5.41) is 2.79. The summed E-state index contributed by atoms with van der Waals surface area (Å²) in [6, 6.07) is 9.65. The van der Waals surface area contributed by atoms with Crippen molar-refractivity contribution in [1.82, 2.24) is 14.8 Å². The van der Waals surface area contributed by atoms with E-state index in [9.17, 15) is 9.59 Å². The van der Waals surface area contributed by atoms with Crippen LogP contribution < -0.4 is 5.32 Å². The van der Waals surface area contributed by atoms with Gasteiger partial charge in [-0.15, -0.1) is 11.8 Å². The molecule has 0 radical (unpaired) electrons. The van der Waals surface area contributed by atoms with E-state index in [1.165, 1.54) is 17.3 Å². The number of thioether (sulfide) groups is 1. The van der Waals surface area contributed by atoms with Crippen LogP contribution in [-0.4, -0.2) is 58.0 Å². The number of amides is 2. The molecule has 1 saturated heterocycles. The number of rotatable bonds is 3. The Labute approximate surface area is 162 Å². The molecule has 0 saturated carbocycles. The molecule has 0 aliphatic carbocycles. The van der Waals surface area contributed by atoms with Crippen LogP contribution in [0, 0.1) is 0 Å². The highest BCUT2D eigenvalue weighted by molar-refractivity contribution is 8.00. The van der Waals surface area contributed by atoms with Crippen molar-refractivity contribution in [2.45, 2.75) is 23.6 Å². The first-order valence-corrected chi connectivity index (χ1v) is 10.0. The molecule has 1 aromatic heterocycles. The smallest absolute Gasteiger partial charge is 0.254 e. The van der Waals surface area contributed by atoms with Gasteiger partial charge in [0.1, 0.15) is 0 Å². The first kappa shape index (κ1) is 18.0. The van der Waals surface area contributed by atoms with Gasteiger partial charge in [-0.3, -0.25) is 19.5 Å². The average molecular weight is 382 g/mol. The van der Waals surface area contributed by atoms with Gasteiger partial charge < -0.3 is 10.2 Å². The Morgan fingerprint density at radius 2 is 1.93 bits per heavy atom. The van der Waals surface area contributed by atoms with E-state index in [-0.39, 0.29) is 17.1 Å². The van der Waals surface area contributed by atoms with Crippen LogP contribution in [0.5, 0.6) is 0 Å². The number of carbonyl (C=O) groups excluding carboxylic acids is 2. The zero-order valence-corrected chi connectivity index (χ0v) is 16.0. The fourth-order valence-electron chi connectivity index (χ4n) is 3.38. The molecule has 0 bridgehead atoms. The maximum absolute atomic E-state index is 12.9. The highest BCUT2D eigenvalue weighted by Crippen LogP contribution is 2.36. The van der Waals surface area contributed by atoms with Crippen LogP contribution in [0.2, 0.25) is 0 Å². The summed E-state index contributed by atoms with van der Waals surface area (Å²) in [5.74, 6) is 0.0149. The zero-order chi connectivity index (χ0) is 18.8. The first-order valence-electron chi connectivity index (χ1n) is 9.12. The monoisotopic (exact) mass is 382 g/mol. The molecule has 2 aliphatic rings. The van der Waals surface area contributed by atoms with Crippen molar-refractivity contribution in [2.75, 3.05) is 31.5 Å². The number of nitrogens with zero attached hydrogens (tertiary/aromatic N) is 3. The van der Waals surface area contributed by atoms with Crippen LogP contribution in [0.15, 0.2) is 47.6 Å². The maximum Gasteiger partial charge on any atom is 0.254 e. The Kier molecular flexibility index (Phi) is 5.13. The van der Waals surface area contributed by atoms with Crippen molar-refractivity contribution >= 4 is 29.3 Å². The Hall–Kier alpha value is -2.38. The molecule has 1 unspecified atom stereocenters. The fourth-order valence-corrected chi connectivity index (χ4v) is 4.31. The lowest BCUT2D eigenvalue weighted by Crippen LogP contribution is -2.48. The van der Waals surface area contributed by atoms with Crippen LogP contribution >= 0.6 is 11.8 Å². The lowest BCUT2D eigenvalue weighted by Gasteiger charge is -2.35. The Morgan fingerprint density at radius 1 is 1.19 bits per heavy atom. The number of nitrogens with one attached hydrogen (secondary N) is 1. The summed E-state index contributed by atoms with van der Waals surface area (Å²) in [4.78, 5) is 34.1. The molecule has 3 heterocycles. The molecular weight excluding hydrogens is 360 g/mol. The van der Waals surface area contributed by atoms with Crippen LogP contribution in [-0.2, 0) is 11.3 Å². The van der Waals surface area contributed by atoms with Crippen LogP contribution in [0.1, 0.15) is 22.8 Å². The predicted octanol–water partition coefficient (Wildman–Crippen LogP) is 2.47. The third-order valence-corrected chi connectivity index (χ3v) is 6.15. The first-order chi connectivity index (χ1) is 13.1. The average Bonchev–Trinajstić information content (AvgIpc) is 2.69. The molecule has 2 aliphatic heterocycles. The summed E-state index contributed by atoms with van der Waals surface area (Å²) in [6.45, 7) is 5.88. The number of hydrogen-bond donors (Lipinski definition) is 1. The summed E-state index contributed by atoms with van der Waals surface area (Å²) in [7, 11) is 0. The molecule has 6 nitrogen and oxygen atoms in total. The quantitative estimate of drug-likeness (QED) is 0.883. The van der Waals surface area contributed by atoms with Crippen LogP contribution in [0.3, 0.4) is 0 Å². The van der Waals surface area contributed by atoms with Crippen molar-refractivity contribution in [1.29, 1.82) is 0 Å². The second-order valence-corrected chi connectivity index (χ2v) is 8.27. The van der Waals surface area contributed by atoms with E-state index in [1.54, 1.807) is 6.07 Å². The van der Waals surface area contributed by atoms with Crippen molar-refractivity contribution < 1.29 is 9.59 Å². The SMILES string of the molecule is CC1Sc2ccc(C(=O)N3CCN(Cc4ccncc4)CC3)cc2NC1=O. The molecule has 4 rings (SSSR count). The van der Waals surface area contributed by atoms with E-state index < -0.39 is 0 Å². The number of pyridine rings is 1. The van der Waals surface area contributed by atoms with Crippen molar-refractivity contribution in [3.05, 3.63) is 53.9 Å². The van der Waals surface area contributed by atoms with E-state index in [2.05, 4.69) is 15.2 Å². The normalized spacial score (nSPS) is 20.1. The number of hydrogen-bond acceptors (Lipinski definition) is 5. The Morgan fingerprint density at radius 3 is 2.67 bits per heavy atom. The molecule has 1 N–H and O–H groups in total. The molecular formula is C20H22N4O2S. The van der Waals surface area contributed by atoms with Gasteiger partial charge in [0.05, 0.1) is 10.9 Å². The third-order valence-electron chi connectivity index (χ3n) is 4.97. The summed E-state index contributed by atoms with van der Waals surface area (Å²) < 4.78 is 0. The van der Waals surface area contributed by atoms with Gasteiger partial charge in [-0.1, -0.05) is 0 Å². The molecule has 140 valence electrons. The molecule has 7 heteroatoms. The largest absolute Gasteiger partial charge is 0.336 e. The van der Waals surface area contributed by atoms with E-state index in [0.717, 1.165) is 30.2 Å². The van der Waals surface area contributed by atoms with Gasteiger partial charge in [-0.05, 0) is 42.8 Å². The predicted molar refractivity (Wildman–Crippen MR) is 106 cm³/mol. The number of fused-ring (bicyclic) bond motifs is 1. The van der Waals surface area contributed by atoms with E-state index >= 15 is 0 Å². The van der Waals surface area contributed by atoms with Crippen LogP contribution in [0.25, 0.3) is 0 Å². The van der Waals surface area contributed by atoms with E-state index in [0.29, 0.717) is 18.7 Å². The van der Waals surface area contributed by atoms with Gasteiger partial charge in [0.2, 0.25) is 5.91 Å². The minimum Gasteiger partial charge on any atom is -0.336 e. The van der Waals surface area contributed by atoms with Gasteiger partial charge in [0.15, 0.2) is 0 Å². The van der Waals surface area contributed by atoms with Gasteiger partial charge >= 0.3 is 0 Å². The molecule has 1 atom stereocenters. The molecule has 27 heavy (non-hydrogen) atoms. The third kappa shape index (κ3) is 3.99. The highest BCUT2D eigenvalue weighted by atomic mass is 32.2. The van der Waals surface area contributed by atoms with Gasteiger partial charge in [0, 0.05) is 55.6 Å². The van der Waals surface area contributed by atoms with E-state index in [1.807, 2.05) is 48.5 Å². The van der Waals surface area contributed by atoms with Gasteiger partial charge in [0.25, 0.3) is 5.91 Å². The van der Waals surface area contributed by atoms with E-state index in [4.69, 9.17) is 0 Å². The summed E-state index contributed by atoms with van der Waals surface area (Å²) >= 11 is 1.53. The second kappa shape index (κ2) is 7.70. The molecule has 2 aromatic rings. The molecule has 1 fully saturated rings. The number of benzene rings is 1. The summed E-state index contributed by atoms with van der Waals surface area (Å²) in [5.41, 5.74) is 2.61. The summed E-state index contributed by atoms with van der Waals surface area (Å²) in [6.07, 6.45) is 3.62. The van der Waals surface area contributed by atoms with Gasteiger partial charge in [-0.25, -0.2) is 0 Å². The fraction of sp³-hybridized carbons (Fsp3) is 0.350. The van der Waals surface area contributed by atoms with Crippen molar-refractivity contribution in [3.63, 3.8) is 0 Å². The van der Waals surface area contributed by atoms with Crippen molar-refractivity contribution in [2.24, 2.45) is 0 Å². The van der Waals surface area contributed by atoms with Gasteiger partial charge in [-0.2, -0.15) is 0 Å². The lowest BCUT2D eigenvalue weighted by atomic mass is 10.1. The number of carbonyl (C=O) groups is 2. The Bertz CT molecular complexity index is 850. The number of anilines is 1. The minimum atomic E-state index is -0.104. The minimum absolute atomic E-state index is 0.0122. The molecule has 2 amide bonds. The number of aromatic nitrogens is 1. The zero-order valence-electron chi connectivity index (χ0n) is 15.2. The van der Waals surface area contributed by atoms with Crippen LogP contribution in [0.4, 0.5) is 5.69 Å². The second-order valence-electron chi connectivity index (χ2n) is 6.88. The maximum atomic E-state index is 12.9. The number of piperazine rings is 1. The molecule has 0 spiro atoms. The topological polar surface area (TPSA) is 65.5 Å². The molecule has 1 aromatic carbocycles. The lowest BCUT2D eigenvalue weighted by molar-refractivity contribution is -0.115.